The van der Waals surface area contributed by atoms with E-state index < -0.39 is 17.9 Å². The van der Waals surface area contributed by atoms with Gasteiger partial charge in [-0.05, 0) is 31.4 Å². The van der Waals surface area contributed by atoms with Gasteiger partial charge in [0.25, 0.3) is 0 Å². The molecule has 1 fully saturated rings. The number of aryl methyl sites for hydroxylation is 1. The first-order valence-corrected chi connectivity index (χ1v) is 6.92. The third-order valence-electron chi connectivity index (χ3n) is 3.61. The lowest BCUT2D eigenvalue weighted by Crippen LogP contribution is -2.42. The van der Waals surface area contributed by atoms with Gasteiger partial charge in [-0.2, -0.15) is 0 Å². The first-order chi connectivity index (χ1) is 9.49. The zero-order valence-corrected chi connectivity index (χ0v) is 11.9. The summed E-state index contributed by atoms with van der Waals surface area (Å²) in [6.45, 7) is 1.84. The Balaban J connectivity index is 2.01. The summed E-state index contributed by atoms with van der Waals surface area (Å²) in [6, 6.07) is 4.60. The van der Waals surface area contributed by atoms with Gasteiger partial charge in [-0.25, -0.2) is 4.79 Å². The predicted octanol–water partition coefficient (Wildman–Crippen LogP) is 3.02. The highest BCUT2D eigenvalue weighted by atomic mass is 35.5. The van der Waals surface area contributed by atoms with Crippen LogP contribution in [-0.4, -0.2) is 23.1 Å². The van der Waals surface area contributed by atoms with Crippen molar-refractivity contribution >= 4 is 29.3 Å². The molecule has 1 saturated carbocycles. The molecule has 108 valence electrons. The van der Waals surface area contributed by atoms with Crippen molar-refractivity contribution in [2.24, 2.45) is 5.92 Å². The van der Waals surface area contributed by atoms with Crippen molar-refractivity contribution in [3.63, 3.8) is 0 Å². The highest BCUT2D eigenvalue weighted by Crippen LogP contribution is 2.27. The fraction of sp³-hybridized carbons (Fsp3) is 0.429. The molecule has 2 atom stereocenters. The number of aliphatic carboxylic acids is 1. The van der Waals surface area contributed by atoms with Crippen molar-refractivity contribution in [2.45, 2.75) is 32.2 Å². The SMILES string of the molecule is Cc1cccc(Cl)c1NC(=O)NC1CCCC1C(=O)O. The van der Waals surface area contributed by atoms with Crippen LogP contribution in [-0.2, 0) is 4.79 Å². The minimum Gasteiger partial charge on any atom is -0.481 e. The maximum atomic E-state index is 12.0. The van der Waals surface area contributed by atoms with Gasteiger partial charge in [-0.1, -0.05) is 30.2 Å². The Morgan fingerprint density at radius 3 is 2.75 bits per heavy atom. The van der Waals surface area contributed by atoms with Crippen LogP contribution in [0, 0.1) is 12.8 Å². The fourth-order valence-corrected chi connectivity index (χ4v) is 2.81. The average Bonchev–Trinajstić information content (AvgIpc) is 2.82. The number of carbonyl (C=O) groups is 2. The van der Waals surface area contributed by atoms with E-state index in [1.165, 1.54) is 0 Å². The van der Waals surface area contributed by atoms with Crippen LogP contribution in [0.3, 0.4) is 0 Å². The standard InChI is InChI=1S/C14H17ClN2O3/c1-8-4-2-6-10(15)12(8)17-14(20)16-11-7-3-5-9(11)13(18)19/h2,4,6,9,11H,3,5,7H2,1H3,(H,18,19)(H2,16,17,20). The van der Waals surface area contributed by atoms with Crippen molar-refractivity contribution in [1.29, 1.82) is 0 Å². The molecule has 6 heteroatoms. The minimum absolute atomic E-state index is 0.324. The number of halogens is 1. The molecule has 5 nitrogen and oxygen atoms in total. The van der Waals surface area contributed by atoms with Crippen molar-refractivity contribution in [2.75, 3.05) is 5.32 Å². The van der Waals surface area contributed by atoms with Gasteiger partial charge in [0, 0.05) is 6.04 Å². The van der Waals surface area contributed by atoms with Crippen LogP contribution in [0.4, 0.5) is 10.5 Å². The van der Waals surface area contributed by atoms with Gasteiger partial charge < -0.3 is 15.7 Å². The molecule has 0 aromatic heterocycles. The largest absolute Gasteiger partial charge is 0.481 e. The normalized spacial score (nSPS) is 21.5. The zero-order valence-electron chi connectivity index (χ0n) is 11.1. The first kappa shape index (κ1) is 14.7. The number of amides is 2. The lowest BCUT2D eigenvalue weighted by Gasteiger charge is -2.19. The summed E-state index contributed by atoms with van der Waals surface area (Å²) >= 11 is 6.03. The number of anilines is 1. The summed E-state index contributed by atoms with van der Waals surface area (Å²) in [6.07, 6.45) is 2.10. The van der Waals surface area contributed by atoms with Crippen molar-refractivity contribution < 1.29 is 14.7 Å². The second kappa shape index (κ2) is 6.13. The van der Waals surface area contributed by atoms with Crippen LogP contribution in [0.25, 0.3) is 0 Å². The fourth-order valence-electron chi connectivity index (χ4n) is 2.54. The molecule has 2 amide bonds. The van der Waals surface area contributed by atoms with E-state index in [9.17, 15) is 9.59 Å². The van der Waals surface area contributed by atoms with E-state index >= 15 is 0 Å². The van der Waals surface area contributed by atoms with Crippen molar-refractivity contribution in [3.05, 3.63) is 28.8 Å². The van der Waals surface area contributed by atoms with E-state index in [1.807, 2.05) is 13.0 Å². The molecule has 0 aliphatic heterocycles. The number of benzene rings is 1. The summed E-state index contributed by atoms with van der Waals surface area (Å²) in [5, 5.41) is 15.0. The Morgan fingerprint density at radius 1 is 1.35 bits per heavy atom. The molecule has 0 bridgehead atoms. The van der Waals surface area contributed by atoms with Gasteiger partial charge in [-0.3, -0.25) is 4.79 Å². The van der Waals surface area contributed by atoms with Crippen LogP contribution < -0.4 is 10.6 Å². The highest BCUT2D eigenvalue weighted by molar-refractivity contribution is 6.33. The van der Waals surface area contributed by atoms with Crippen molar-refractivity contribution in [1.82, 2.24) is 5.32 Å². The lowest BCUT2D eigenvalue weighted by molar-refractivity contribution is -0.142. The zero-order chi connectivity index (χ0) is 14.7. The molecule has 2 rings (SSSR count). The minimum atomic E-state index is -0.860. The van der Waals surface area contributed by atoms with Gasteiger partial charge in [0.2, 0.25) is 0 Å². The first-order valence-electron chi connectivity index (χ1n) is 6.54. The average molecular weight is 297 g/mol. The third kappa shape index (κ3) is 3.22. The van der Waals surface area contributed by atoms with E-state index in [0.717, 1.165) is 12.0 Å². The Morgan fingerprint density at radius 2 is 2.10 bits per heavy atom. The molecule has 1 aliphatic rings. The molecule has 3 N–H and O–H groups in total. The van der Waals surface area contributed by atoms with Crippen molar-refractivity contribution in [3.8, 4) is 0 Å². The number of rotatable bonds is 3. The van der Waals surface area contributed by atoms with E-state index in [4.69, 9.17) is 16.7 Å². The Hall–Kier alpha value is -1.75. The molecular weight excluding hydrogens is 280 g/mol. The topological polar surface area (TPSA) is 78.4 Å². The maximum absolute atomic E-state index is 12.0. The Labute approximate surface area is 122 Å². The summed E-state index contributed by atoms with van der Waals surface area (Å²) in [5.41, 5.74) is 1.41. The maximum Gasteiger partial charge on any atom is 0.319 e. The smallest absolute Gasteiger partial charge is 0.319 e. The molecule has 0 spiro atoms. The number of hydrogen-bond acceptors (Lipinski definition) is 2. The Kier molecular flexibility index (Phi) is 4.49. The number of carboxylic acid groups (broad SMARTS) is 1. The number of hydrogen-bond donors (Lipinski definition) is 3. The number of carbonyl (C=O) groups excluding carboxylic acids is 1. The molecule has 0 saturated heterocycles. The van der Waals surface area contributed by atoms with Gasteiger partial charge in [-0.15, -0.1) is 0 Å². The van der Waals surface area contributed by atoms with Gasteiger partial charge in [0.1, 0.15) is 0 Å². The number of urea groups is 1. The second-order valence-corrected chi connectivity index (χ2v) is 5.42. The summed E-state index contributed by atoms with van der Waals surface area (Å²) in [5.74, 6) is -1.37. The third-order valence-corrected chi connectivity index (χ3v) is 3.93. The quantitative estimate of drug-likeness (QED) is 0.802. The van der Waals surface area contributed by atoms with E-state index in [0.29, 0.717) is 23.6 Å². The highest BCUT2D eigenvalue weighted by Gasteiger charge is 2.33. The second-order valence-electron chi connectivity index (χ2n) is 5.01. The summed E-state index contributed by atoms with van der Waals surface area (Å²) in [7, 11) is 0. The molecule has 2 unspecified atom stereocenters. The van der Waals surface area contributed by atoms with E-state index in [-0.39, 0.29) is 6.04 Å². The van der Waals surface area contributed by atoms with Crippen LogP contribution in [0.5, 0.6) is 0 Å². The monoisotopic (exact) mass is 296 g/mol. The summed E-state index contributed by atoms with van der Waals surface area (Å²) in [4.78, 5) is 23.0. The number of nitrogens with one attached hydrogen (secondary N) is 2. The van der Waals surface area contributed by atoms with Gasteiger partial charge >= 0.3 is 12.0 Å². The molecule has 0 heterocycles. The molecule has 0 radical (unpaired) electrons. The van der Waals surface area contributed by atoms with Crippen LogP contribution >= 0.6 is 11.6 Å². The lowest BCUT2D eigenvalue weighted by atomic mass is 10.0. The van der Waals surface area contributed by atoms with E-state index in [2.05, 4.69) is 10.6 Å². The van der Waals surface area contributed by atoms with E-state index in [1.54, 1.807) is 12.1 Å². The van der Waals surface area contributed by atoms with Gasteiger partial charge in [0.05, 0.1) is 16.6 Å². The number of carboxylic acids is 1. The van der Waals surface area contributed by atoms with Crippen LogP contribution in [0.15, 0.2) is 18.2 Å². The predicted molar refractivity (Wildman–Crippen MR) is 77.1 cm³/mol. The molecule has 20 heavy (non-hydrogen) atoms. The molecular formula is C14H17ClN2O3. The molecule has 1 aliphatic carbocycles. The molecule has 1 aromatic rings. The number of para-hydroxylation sites is 1. The molecule has 1 aromatic carbocycles. The van der Waals surface area contributed by atoms with Crippen LogP contribution in [0.1, 0.15) is 24.8 Å². The van der Waals surface area contributed by atoms with Crippen LogP contribution in [0.2, 0.25) is 5.02 Å². The summed E-state index contributed by atoms with van der Waals surface area (Å²) < 4.78 is 0. The van der Waals surface area contributed by atoms with Gasteiger partial charge in [0.15, 0.2) is 0 Å². The Bertz CT molecular complexity index is 513.